The van der Waals surface area contributed by atoms with Crippen LogP contribution in [0.3, 0.4) is 0 Å². The van der Waals surface area contributed by atoms with Crippen molar-refractivity contribution in [3.05, 3.63) is 48.0 Å². The summed E-state index contributed by atoms with van der Waals surface area (Å²) in [6, 6.07) is 13.2. The highest BCUT2D eigenvalue weighted by Crippen LogP contribution is 2.29. The summed E-state index contributed by atoms with van der Waals surface area (Å²) in [7, 11) is 0. The van der Waals surface area contributed by atoms with Crippen molar-refractivity contribution < 1.29 is 27.9 Å². The number of alkyl halides is 2. The third kappa shape index (κ3) is 3.90. The zero-order chi connectivity index (χ0) is 15.3. The lowest BCUT2D eigenvalue weighted by Gasteiger charge is -2.15. The van der Waals surface area contributed by atoms with Crippen LogP contribution >= 0.6 is 12.0 Å². The largest absolute Gasteiger partial charge is 0.710 e. The van der Waals surface area contributed by atoms with Crippen LogP contribution < -0.4 is 5.26 Å². The lowest BCUT2D eigenvalue weighted by atomic mass is 10.0. The van der Waals surface area contributed by atoms with Crippen molar-refractivity contribution in [2.75, 3.05) is 6.61 Å². The van der Waals surface area contributed by atoms with Crippen LogP contribution in [0.4, 0.5) is 8.78 Å². The molecule has 0 N–H and O–H groups in total. The van der Waals surface area contributed by atoms with E-state index in [0.29, 0.717) is 6.42 Å². The predicted molar refractivity (Wildman–Crippen MR) is 72.2 cm³/mol. The fraction of sp³-hybridized carbons (Fsp3) is 0.214. The molecular weight excluding hydrogens is 302 g/mol. The molecule has 7 heteroatoms. The Hall–Kier alpha value is -1.70. The second-order valence-corrected chi connectivity index (χ2v) is 5.01. The van der Waals surface area contributed by atoms with Crippen LogP contribution in [-0.4, -0.2) is 17.8 Å². The van der Waals surface area contributed by atoms with E-state index in [0.717, 1.165) is 16.3 Å². The number of benzene rings is 2. The Labute approximate surface area is 123 Å². The minimum Gasteiger partial charge on any atom is -0.710 e. The number of halogens is 2. The Morgan fingerprint density at radius 1 is 1.19 bits per heavy atom. The first-order valence-corrected chi connectivity index (χ1v) is 6.78. The van der Waals surface area contributed by atoms with E-state index in [1.54, 1.807) is 0 Å². The molecule has 0 saturated heterocycles. The molecule has 2 rings (SSSR count). The first-order valence-electron chi connectivity index (χ1n) is 6.04. The van der Waals surface area contributed by atoms with Crippen LogP contribution in [0.25, 0.3) is 10.8 Å². The van der Waals surface area contributed by atoms with Crippen LogP contribution in [0.5, 0.6) is 0 Å². The molecule has 0 amide bonds. The van der Waals surface area contributed by atoms with Gasteiger partial charge in [-0.3, -0.25) is 0 Å². The average molecular weight is 313 g/mol. The molecule has 0 saturated carbocycles. The molecular formula is C14H11F2O4S-. The lowest BCUT2D eigenvalue weighted by molar-refractivity contribution is -0.630. The Bertz CT molecular complexity index is 628. The van der Waals surface area contributed by atoms with Crippen LogP contribution in [0.15, 0.2) is 42.5 Å². The number of hydrogen-bond donors (Lipinski definition) is 0. The molecule has 112 valence electrons. The van der Waals surface area contributed by atoms with Gasteiger partial charge in [-0.2, -0.15) is 8.78 Å². The summed E-state index contributed by atoms with van der Waals surface area (Å²) in [6.45, 7) is -0.206. The number of ether oxygens (including phenoxy) is 1. The molecule has 0 bridgehead atoms. The SMILES string of the molecule is O=C(OCCc1cccc2ccccc12)C(F)(F)SO[O-]. The number of hydrogen-bond acceptors (Lipinski definition) is 5. The molecule has 0 atom stereocenters. The van der Waals surface area contributed by atoms with Gasteiger partial charge in [-0.1, -0.05) is 42.5 Å². The number of esters is 1. The molecule has 2 aromatic rings. The van der Waals surface area contributed by atoms with E-state index >= 15 is 0 Å². The van der Waals surface area contributed by atoms with E-state index in [9.17, 15) is 18.8 Å². The lowest BCUT2D eigenvalue weighted by Crippen LogP contribution is -2.29. The predicted octanol–water partition coefficient (Wildman–Crippen LogP) is 2.46. The van der Waals surface area contributed by atoms with E-state index in [-0.39, 0.29) is 6.61 Å². The van der Waals surface area contributed by atoms with Gasteiger partial charge in [-0.15, -0.1) is 0 Å². The monoisotopic (exact) mass is 313 g/mol. The van der Waals surface area contributed by atoms with Crippen molar-refractivity contribution in [1.29, 1.82) is 0 Å². The maximum Gasteiger partial charge on any atom is 0.412 e. The van der Waals surface area contributed by atoms with Crippen LogP contribution in [0.2, 0.25) is 0 Å². The minimum absolute atomic E-state index is 0.206. The second-order valence-electron chi connectivity index (χ2n) is 4.19. The van der Waals surface area contributed by atoms with Gasteiger partial charge in [0, 0.05) is 6.42 Å². The first kappa shape index (κ1) is 15.7. The molecule has 4 nitrogen and oxygen atoms in total. The average Bonchev–Trinajstić information content (AvgIpc) is 2.47. The van der Waals surface area contributed by atoms with Crippen molar-refractivity contribution >= 4 is 28.8 Å². The van der Waals surface area contributed by atoms with Crippen LogP contribution in [0, 0.1) is 0 Å². The summed E-state index contributed by atoms with van der Waals surface area (Å²) >= 11 is -0.773. The molecule has 0 aliphatic heterocycles. The Kier molecular flexibility index (Phi) is 5.11. The summed E-state index contributed by atoms with van der Waals surface area (Å²) < 4.78 is 33.4. The first-order chi connectivity index (χ1) is 10.0. The van der Waals surface area contributed by atoms with Crippen molar-refractivity contribution in [3.63, 3.8) is 0 Å². The molecule has 0 spiro atoms. The Morgan fingerprint density at radius 2 is 1.90 bits per heavy atom. The molecule has 0 unspecified atom stereocenters. The van der Waals surface area contributed by atoms with Gasteiger partial charge in [0.05, 0.1) is 18.6 Å². The molecule has 0 fully saturated rings. The maximum absolute atomic E-state index is 13.0. The highest BCUT2D eigenvalue weighted by molar-refractivity contribution is 7.96. The summed E-state index contributed by atoms with van der Waals surface area (Å²) in [5.74, 6) is -1.79. The van der Waals surface area contributed by atoms with E-state index < -0.39 is 23.3 Å². The van der Waals surface area contributed by atoms with E-state index in [1.165, 1.54) is 0 Å². The third-order valence-electron chi connectivity index (χ3n) is 2.86. The van der Waals surface area contributed by atoms with Gasteiger partial charge in [0.2, 0.25) is 0 Å². The summed E-state index contributed by atoms with van der Waals surface area (Å²) in [5.41, 5.74) is 0.886. The van der Waals surface area contributed by atoms with E-state index in [4.69, 9.17) is 0 Å². The fourth-order valence-electron chi connectivity index (χ4n) is 1.92. The summed E-state index contributed by atoms with van der Waals surface area (Å²) in [5, 5.41) is 7.66. The third-order valence-corrected chi connectivity index (χ3v) is 3.30. The van der Waals surface area contributed by atoms with Crippen molar-refractivity contribution in [2.45, 2.75) is 11.7 Å². The highest BCUT2D eigenvalue weighted by atomic mass is 32.2. The number of fused-ring (bicyclic) bond motifs is 1. The van der Waals surface area contributed by atoms with Gasteiger partial charge >= 0.3 is 11.2 Å². The smallest absolute Gasteiger partial charge is 0.412 e. The summed E-state index contributed by atoms with van der Waals surface area (Å²) in [6.07, 6.45) is 0.298. The number of carbonyl (C=O) groups is 1. The molecule has 2 aromatic carbocycles. The van der Waals surface area contributed by atoms with Crippen molar-refractivity contribution in [3.8, 4) is 0 Å². The standard InChI is InChI=1S/C14H12F2O4S/c15-14(16,21-20-18)13(17)19-9-8-11-6-3-5-10-4-1-2-7-12(10)11/h1-7,18H,8-9H2/p-1. The maximum atomic E-state index is 13.0. The minimum atomic E-state index is -4.00. The topological polar surface area (TPSA) is 58.6 Å². The fourth-order valence-corrected chi connectivity index (χ4v) is 2.14. The quantitative estimate of drug-likeness (QED) is 0.355. The molecule has 0 radical (unpaired) electrons. The van der Waals surface area contributed by atoms with Crippen molar-refractivity contribution in [1.82, 2.24) is 0 Å². The molecule has 0 aromatic heterocycles. The molecule has 0 heterocycles. The van der Waals surface area contributed by atoms with Crippen molar-refractivity contribution in [2.24, 2.45) is 0 Å². The van der Waals surface area contributed by atoms with Gasteiger partial charge in [0.1, 0.15) is 0 Å². The summed E-state index contributed by atoms with van der Waals surface area (Å²) in [4.78, 5) is 11.1. The van der Waals surface area contributed by atoms with Gasteiger partial charge in [0.15, 0.2) is 0 Å². The van der Waals surface area contributed by atoms with Gasteiger partial charge in [-0.25, -0.2) is 4.79 Å². The van der Waals surface area contributed by atoms with E-state index in [1.807, 2.05) is 42.5 Å². The number of carbonyl (C=O) groups excluding carboxylic acids is 1. The molecule has 0 aliphatic carbocycles. The van der Waals surface area contributed by atoms with Gasteiger partial charge < -0.3 is 14.3 Å². The highest BCUT2D eigenvalue weighted by Gasteiger charge is 2.42. The zero-order valence-electron chi connectivity index (χ0n) is 10.8. The van der Waals surface area contributed by atoms with Gasteiger partial charge in [0.25, 0.3) is 0 Å². The normalized spacial score (nSPS) is 11.6. The molecule has 21 heavy (non-hydrogen) atoms. The second kappa shape index (κ2) is 6.84. The van der Waals surface area contributed by atoms with Crippen LogP contribution in [0.1, 0.15) is 5.56 Å². The molecule has 0 aliphatic rings. The van der Waals surface area contributed by atoms with E-state index in [2.05, 4.69) is 9.07 Å². The zero-order valence-corrected chi connectivity index (χ0v) is 11.6. The Morgan fingerprint density at radius 3 is 2.67 bits per heavy atom. The van der Waals surface area contributed by atoms with Gasteiger partial charge in [-0.05, 0) is 16.3 Å². The van der Waals surface area contributed by atoms with Crippen LogP contribution in [-0.2, 0) is 20.3 Å². The number of rotatable bonds is 6. The Balaban J connectivity index is 1.98.